The summed E-state index contributed by atoms with van der Waals surface area (Å²) < 4.78 is 2.56. The van der Waals surface area contributed by atoms with Gasteiger partial charge in [0, 0.05) is 37.2 Å². The first-order valence-electron chi connectivity index (χ1n) is 7.76. The number of aromatic nitrogens is 2. The van der Waals surface area contributed by atoms with E-state index in [0.29, 0.717) is 5.92 Å². The molecule has 3 nitrogen and oxygen atoms in total. The first-order chi connectivity index (χ1) is 8.95. The second-order valence-electron chi connectivity index (χ2n) is 6.84. The largest absolute Gasteiger partial charge is 0.326 e. The lowest BCUT2D eigenvalue weighted by atomic mass is 9.96. The van der Waals surface area contributed by atoms with Crippen LogP contribution in [0.1, 0.15) is 64.7 Å². The third-order valence-corrected chi connectivity index (χ3v) is 4.01. The molecule has 0 amide bonds. The molecule has 0 unspecified atom stereocenters. The fourth-order valence-electron chi connectivity index (χ4n) is 3.31. The van der Waals surface area contributed by atoms with Gasteiger partial charge < -0.3 is 9.88 Å². The van der Waals surface area contributed by atoms with Crippen LogP contribution in [-0.2, 0) is 24.9 Å². The fraction of sp³-hybridized carbons (Fsp3) is 0.812. The number of nitrogens with one attached hydrogen (secondary N) is 1. The molecule has 1 aliphatic rings. The lowest BCUT2D eigenvalue weighted by Crippen LogP contribution is -2.33. The fourth-order valence-corrected chi connectivity index (χ4v) is 3.31. The minimum Gasteiger partial charge on any atom is -0.326 e. The van der Waals surface area contributed by atoms with E-state index in [2.05, 4.69) is 44.5 Å². The van der Waals surface area contributed by atoms with Crippen LogP contribution in [0.5, 0.6) is 0 Å². The van der Waals surface area contributed by atoms with Crippen molar-refractivity contribution in [2.75, 3.05) is 6.54 Å². The molecule has 0 radical (unpaired) electrons. The predicted molar refractivity (Wildman–Crippen MR) is 80.4 cm³/mol. The Morgan fingerprint density at radius 2 is 2.11 bits per heavy atom. The average Bonchev–Trinajstić information content (AvgIpc) is 2.66. The molecule has 2 rings (SSSR count). The maximum Gasteiger partial charge on any atom is 0.110 e. The SMILES string of the molecule is CCCC(C)(C)n1c(CC(C)C)nc2c1CCNC2. The van der Waals surface area contributed by atoms with E-state index in [-0.39, 0.29) is 5.54 Å². The van der Waals surface area contributed by atoms with Gasteiger partial charge in [0.1, 0.15) is 5.82 Å². The molecule has 0 saturated carbocycles. The number of rotatable bonds is 5. The van der Waals surface area contributed by atoms with Crippen molar-refractivity contribution in [1.29, 1.82) is 0 Å². The van der Waals surface area contributed by atoms with Crippen molar-refractivity contribution in [3.05, 3.63) is 17.2 Å². The Kier molecular flexibility index (Phi) is 4.34. The van der Waals surface area contributed by atoms with Gasteiger partial charge in [-0.2, -0.15) is 0 Å². The number of fused-ring (bicyclic) bond motifs is 1. The summed E-state index contributed by atoms with van der Waals surface area (Å²) in [6.45, 7) is 13.6. The lowest BCUT2D eigenvalue weighted by molar-refractivity contribution is 0.300. The number of nitrogens with zero attached hydrogens (tertiary/aromatic N) is 2. The molecular weight excluding hydrogens is 234 g/mol. The van der Waals surface area contributed by atoms with E-state index >= 15 is 0 Å². The van der Waals surface area contributed by atoms with Gasteiger partial charge in [-0.05, 0) is 26.2 Å². The Morgan fingerprint density at radius 1 is 1.37 bits per heavy atom. The Balaban J connectivity index is 2.45. The molecule has 0 fully saturated rings. The second-order valence-corrected chi connectivity index (χ2v) is 6.84. The highest BCUT2D eigenvalue weighted by atomic mass is 15.2. The molecular formula is C16H29N3. The molecule has 0 spiro atoms. The van der Waals surface area contributed by atoms with Crippen molar-refractivity contribution in [3.63, 3.8) is 0 Å². The van der Waals surface area contributed by atoms with Crippen LogP contribution in [0.15, 0.2) is 0 Å². The molecule has 1 N–H and O–H groups in total. The summed E-state index contributed by atoms with van der Waals surface area (Å²) >= 11 is 0. The molecule has 0 aliphatic carbocycles. The highest BCUT2D eigenvalue weighted by molar-refractivity contribution is 5.22. The van der Waals surface area contributed by atoms with E-state index in [4.69, 9.17) is 4.98 Å². The highest BCUT2D eigenvalue weighted by Gasteiger charge is 2.29. The second kappa shape index (κ2) is 5.66. The zero-order valence-corrected chi connectivity index (χ0v) is 13.2. The lowest BCUT2D eigenvalue weighted by Gasteiger charge is -2.32. The number of hydrogen-bond acceptors (Lipinski definition) is 2. The summed E-state index contributed by atoms with van der Waals surface area (Å²) in [6.07, 6.45) is 4.64. The zero-order valence-electron chi connectivity index (χ0n) is 13.2. The number of imidazole rings is 1. The van der Waals surface area contributed by atoms with Crippen molar-refractivity contribution in [2.24, 2.45) is 5.92 Å². The van der Waals surface area contributed by atoms with Gasteiger partial charge in [0.25, 0.3) is 0 Å². The summed E-state index contributed by atoms with van der Waals surface area (Å²) in [5.74, 6) is 1.95. The summed E-state index contributed by atoms with van der Waals surface area (Å²) in [5, 5.41) is 3.44. The molecule has 3 heteroatoms. The van der Waals surface area contributed by atoms with Gasteiger partial charge in [0.15, 0.2) is 0 Å². The normalized spacial score (nSPS) is 15.9. The predicted octanol–water partition coefficient (Wildman–Crippen LogP) is 3.26. The van der Waals surface area contributed by atoms with Crippen molar-refractivity contribution in [2.45, 2.75) is 72.4 Å². The van der Waals surface area contributed by atoms with E-state index in [0.717, 1.165) is 25.9 Å². The molecule has 0 saturated heterocycles. The third-order valence-electron chi connectivity index (χ3n) is 4.01. The van der Waals surface area contributed by atoms with Crippen LogP contribution in [0.2, 0.25) is 0 Å². The maximum absolute atomic E-state index is 4.94. The molecule has 0 aromatic carbocycles. The van der Waals surface area contributed by atoms with Crippen LogP contribution in [0, 0.1) is 5.92 Å². The smallest absolute Gasteiger partial charge is 0.110 e. The van der Waals surface area contributed by atoms with E-state index in [1.807, 2.05) is 0 Å². The Labute approximate surface area is 117 Å². The van der Waals surface area contributed by atoms with E-state index in [1.54, 1.807) is 0 Å². The molecule has 108 valence electrons. The van der Waals surface area contributed by atoms with Crippen molar-refractivity contribution >= 4 is 0 Å². The van der Waals surface area contributed by atoms with Crippen LogP contribution in [0.4, 0.5) is 0 Å². The zero-order chi connectivity index (χ0) is 14.0. The topological polar surface area (TPSA) is 29.9 Å². The Hall–Kier alpha value is -0.830. The molecule has 2 heterocycles. The minimum absolute atomic E-state index is 0.191. The maximum atomic E-state index is 4.94. The van der Waals surface area contributed by atoms with Gasteiger partial charge in [0.05, 0.1) is 5.69 Å². The average molecular weight is 263 g/mol. The van der Waals surface area contributed by atoms with E-state index in [9.17, 15) is 0 Å². The Morgan fingerprint density at radius 3 is 2.74 bits per heavy atom. The van der Waals surface area contributed by atoms with Gasteiger partial charge in [0.2, 0.25) is 0 Å². The van der Waals surface area contributed by atoms with Gasteiger partial charge in [-0.3, -0.25) is 0 Å². The molecule has 0 atom stereocenters. The highest BCUT2D eigenvalue weighted by Crippen LogP contribution is 2.30. The quantitative estimate of drug-likeness (QED) is 0.883. The minimum atomic E-state index is 0.191. The summed E-state index contributed by atoms with van der Waals surface area (Å²) in [5.41, 5.74) is 2.95. The van der Waals surface area contributed by atoms with E-state index < -0.39 is 0 Å². The first kappa shape index (κ1) is 14.6. The van der Waals surface area contributed by atoms with Gasteiger partial charge >= 0.3 is 0 Å². The first-order valence-corrected chi connectivity index (χ1v) is 7.76. The van der Waals surface area contributed by atoms with Gasteiger partial charge in [-0.1, -0.05) is 27.2 Å². The van der Waals surface area contributed by atoms with Crippen molar-refractivity contribution in [3.8, 4) is 0 Å². The monoisotopic (exact) mass is 263 g/mol. The van der Waals surface area contributed by atoms with E-state index in [1.165, 1.54) is 30.1 Å². The van der Waals surface area contributed by atoms with Crippen LogP contribution in [0.3, 0.4) is 0 Å². The summed E-state index contributed by atoms with van der Waals surface area (Å²) in [6, 6.07) is 0. The Bertz CT molecular complexity index is 429. The van der Waals surface area contributed by atoms with Crippen LogP contribution < -0.4 is 5.32 Å². The van der Waals surface area contributed by atoms with Gasteiger partial charge in [-0.15, -0.1) is 0 Å². The van der Waals surface area contributed by atoms with Crippen LogP contribution in [0.25, 0.3) is 0 Å². The third kappa shape index (κ3) is 3.02. The van der Waals surface area contributed by atoms with Crippen molar-refractivity contribution < 1.29 is 0 Å². The summed E-state index contributed by atoms with van der Waals surface area (Å²) in [7, 11) is 0. The standard InChI is InChI=1S/C16H29N3/c1-6-8-16(4,5)19-14-7-9-17-11-13(14)18-15(19)10-12(2)3/h12,17H,6-11H2,1-5H3. The molecule has 19 heavy (non-hydrogen) atoms. The van der Waals surface area contributed by atoms with Crippen LogP contribution >= 0.6 is 0 Å². The molecule has 1 aromatic heterocycles. The van der Waals surface area contributed by atoms with Crippen molar-refractivity contribution in [1.82, 2.24) is 14.9 Å². The summed E-state index contributed by atoms with van der Waals surface area (Å²) in [4.78, 5) is 4.94. The molecule has 1 aliphatic heterocycles. The molecule has 1 aromatic rings. The van der Waals surface area contributed by atoms with Gasteiger partial charge in [-0.25, -0.2) is 4.98 Å². The number of hydrogen-bond donors (Lipinski definition) is 1. The van der Waals surface area contributed by atoms with Crippen LogP contribution in [-0.4, -0.2) is 16.1 Å². The molecule has 0 bridgehead atoms.